The molecular formula is C15H16Cl2N2. The van der Waals surface area contributed by atoms with Gasteiger partial charge in [-0.2, -0.15) is 0 Å². The Morgan fingerprint density at radius 2 is 1.89 bits per heavy atom. The zero-order chi connectivity index (χ0) is 13.8. The van der Waals surface area contributed by atoms with E-state index >= 15 is 0 Å². The number of aryl methyl sites for hydroxylation is 1. The maximum atomic E-state index is 6.22. The van der Waals surface area contributed by atoms with Gasteiger partial charge in [0.1, 0.15) is 0 Å². The first-order valence-electron chi connectivity index (χ1n) is 6.13. The van der Waals surface area contributed by atoms with Gasteiger partial charge in [-0.25, -0.2) is 0 Å². The maximum absolute atomic E-state index is 6.22. The molecule has 0 bridgehead atoms. The molecule has 1 unspecified atom stereocenters. The second-order valence-electron chi connectivity index (χ2n) is 4.54. The molecule has 0 spiro atoms. The second kappa shape index (κ2) is 6.38. The number of hydrogen-bond acceptors (Lipinski definition) is 2. The Morgan fingerprint density at radius 3 is 2.47 bits per heavy atom. The van der Waals surface area contributed by atoms with Crippen LogP contribution < -0.4 is 5.32 Å². The van der Waals surface area contributed by atoms with Crippen molar-refractivity contribution in [3.63, 3.8) is 0 Å². The fourth-order valence-electron chi connectivity index (χ4n) is 2.09. The summed E-state index contributed by atoms with van der Waals surface area (Å²) in [4.78, 5) is 4.23. The molecule has 0 aliphatic heterocycles. The van der Waals surface area contributed by atoms with E-state index in [4.69, 9.17) is 23.2 Å². The zero-order valence-corrected chi connectivity index (χ0v) is 12.5. The first kappa shape index (κ1) is 14.3. The van der Waals surface area contributed by atoms with Crippen LogP contribution in [0.25, 0.3) is 0 Å². The largest absolute Gasteiger partial charge is 0.313 e. The minimum absolute atomic E-state index is 0.143. The van der Waals surface area contributed by atoms with Gasteiger partial charge in [0.25, 0.3) is 0 Å². The fraction of sp³-hybridized carbons (Fsp3) is 0.267. The van der Waals surface area contributed by atoms with Gasteiger partial charge in [-0.1, -0.05) is 35.3 Å². The van der Waals surface area contributed by atoms with Gasteiger partial charge < -0.3 is 5.32 Å². The lowest BCUT2D eigenvalue weighted by molar-refractivity contribution is 0.589. The van der Waals surface area contributed by atoms with Crippen molar-refractivity contribution in [2.24, 2.45) is 0 Å². The number of hydrogen-bond donors (Lipinski definition) is 1. The summed E-state index contributed by atoms with van der Waals surface area (Å²) in [5, 5.41) is 4.70. The zero-order valence-electron chi connectivity index (χ0n) is 11.0. The Kier molecular flexibility index (Phi) is 4.81. The number of nitrogens with one attached hydrogen (secondary N) is 1. The lowest BCUT2D eigenvalue weighted by Gasteiger charge is -2.18. The topological polar surface area (TPSA) is 24.9 Å². The van der Waals surface area contributed by atoms with Gasteiger partial charge in [-0.05, 0) is 49.2 Å². The molecule has 0 fully saturated rings. The standard InChI is InChI=1S/C15H16Cl2N2/c1-10-6-11(9-19-8-10)15(18-2)7-12-13(16)4-3-5-14(12)17/h3-6,8-9,15,18H,7H2,1-2H3. The Hall–Kier alpha value is -1.09. The van der Waals surface area contributed by atoms with E-state index < -0.39 is 0 Å². The second-order valence-corrected chi connectivity index (χ2v) is 5.36. The van der Waals surface area contributed by atoms with Crippen molar-refractivity contribution in [2.45, 2.75) is 19.4 Å². The monoisotopic (exact) mass is 294 g/mol. The number of nitrogens with zero attached hydrogens (tertiary/aromatic N) is 1. The Balaban J connectivity index is 2.29. The summed E-state index contributed by atoms with van der Waals surface area (Å²) in [6, 6.07) is 7.86. The molecule has 1 aromatic heterocycles. The van der Waals surface area contributed by atoms with E-state index in [0.29, 0.717) is 10.0 Å². The average molecular weight is 295 g/mol. The van der Waals surface area contributed by atoms with Crippen LogP contribution in [0, 0.1) is 6.92 Å². The number of likely N-dealkylation sites (N-methyl/N-ethyl adjacent to an activating group) is 1. The molecule has 1 heterocycles. The SMILES string of the molecule is CNC(Cc1c(Cl)cccc1Cl)c1cncc(C)c1. The third kappa shape index (κ3) is 3.47. The first-order valence-corrected chi connectivity index (χ1v) is 6.89. The summed E-state index contributed by atoms with van der Waals surface area (Å²) in [6.07, 6.45) is 4.46. The van der Waals surface area contributed by atoms with Gasteiger partial charge >= 0.3 is 0 Å². The molecule has 1 N–H and O–H groups in total. The molecule has 0 aliphatic carbocycles. The Labute approximate surface area is 123 Å². The van der Waals surface area contributed by atoms with E-state index in [1.165, 1.54) is 0 Å². The van der Waals surface area contributed by atoms with Crippen LogP contribution in [0.1, 0.15) is 22.7 Å². The van der Waals surface area contributed by atoms with Gasteiger partial charge in [-0.3, -0.25) is 4.98 Å². The molecule has 1 atom stereocenters. The van der Waals surface area contributed by atoms with Crippen molar-refractivity contribution in [1.29, 1.82) is 0 Å². The number of halogens is 2. The van der Waals surface area contributed by atoms with Crippen LogP contribution in [0.5, 0.6) is 0 Å². The summed E-state index contributed by atoms with van der Waals surface area (Å²) in [5.41, 5.74) is 3.24. The molecule has 0 radical (unpaired) electrons. The minimum Gasteiger partial charge on any atom is -0.313 e. The highest BCUT2D eigenvalue weighted by Crippen LogP contribution is 2.29. The van der Waals surface area contributed by atoms with Gasteiger partial charge in [0.15, 0.2) is 0 Å². The van der Waals surface area contributed by atoms with Crippen molar-refractivity contribution < 1.29 is 0 Å². The molecule has 2 rings (SSSR count). The van der Waals surface area contributed by atoms with Gasteiger partial charge in [-0.15, -0.1) is 0 Å². The van der Waals surface area contributed by atoms with E-state index in [1.54, 1.807) is 0 Å². The molecule has 1 aromatic carbocycles. The Morgan fingerprint density at radius 1 is 1.21 bits per heavy atom. The first-order chi connectivity index (χ1) is 9.11. The summed E-state index contributed by atoms with van der Waals surface area (Å²) >= 11 is 12.4. The number of benzene rings is 1. The van der Waals surface area contributed by atoms with Gasteiger partial charge in [0.2, 0.25) is 0 Å². The summed E-state index contributed by atoms with van der Waals surface area (Å²) in [7, 11) is 1.93. The normalized spacial score (nSPS) is 12.4. The van der Waals surface area contributed by atoms with E-state index in [9.17, 15) is 0 Å². The van der Waals surface area contributed by atoms with Crippen LogP contribution in [-0.2, 0) is 6.42 Å². The van der Waals surface area contributed by atoms with Crippen LogP contribution in [0.4, 0.5) is 0 Å². The highest BCUT2D eigenvalue weighted by atomic mass is 35.5. The van der Waals surface area contributed by atoms with Crippen LogP contribution in [0.2, 0.25) is 10.0 Å². The van der Waals surface area contributed by atoms with E-state index in [1.807, 2.05) is 44.6 Å². The van der Waals surface area contributed by atoms with Gasteiger partial charge in [0.05, 0.1) is 0 Å². The number of aromatic nitrogens is 1. The molecule has 0 amide bonds. The summed E-state index contributed by atoms with van der Waals surface area (Å²) in [6.45, 7) is 2.03. The van der Waals surface area contributed by atoms with Crippen molar-refractivity contribution >= 4 is 23.2 Å². The Bertz CT molecular complexity index is 550. The highest BCUT2D eigenvalue weighted by Gasteiger charge is 2.14. The molecule has 0 saturated carbocycles. The van der Waals surface area contributed by atoms with Crippen molar-refractivity contribution in [3.05, 3.63) is 63.4 Å². The number of rotatable bonds is 4. The highest BCUT2D eigenvalue weighted by molar-refractivity contribution is 6.36. The smallest absolute Gasteiger partial charge is 0.0453 e. The lowest BCUT2D eigenvalue weighted by Crippen LogP contribution is -2.19. The molecular weight excluding hydrogens is 279 g/mol. The van der Waals surface area contributed by atoms with Crippen LogP contribution >= 0.6 is 23.2 Å². The van der Waals surface area contributed by atoms with Crippen LogP contribution in [0.15, 0.2) is 36.7 Å². The van der Waals surface area contributed by atoms with E-state index in [2.05, 4.69) is 16.4 Å². The summed E-state index contributed by atoms with van der Waals surface area (Å²) < 4.78 is 0. The predicted molar refractivity (Wildman–Crippen MR) is 80.9 cm³/mol. The number of pyridine rings is 1. The molecule has 100 valence electrons. The molecule has 2 nitrogen and oxygen atoms in total. The molecule has 19 heavy (non-hydrogen) atoms. The molecule has 0 aliphatic rings. The van der Waals surface area contributed by atoms with E-state index in [0.717, 1.165) is 23.1 Å². The lowest BCUT2D eigenvalue weighted by atomic mass is 9.99. The molecule has 2 aromatic rings. The third-order valence-corrected chi connectivity index (χ3v) is 3.83. The minimum atomic E-state index is 0.143. The maximum Gasteiger partial charge on any atom is 0.0453 e. The van der Waals surface area contributed by atoms with Crippen molar-refractivity contribution in [2.75, 3.05) is 7.05 Å². The summed E-state index contributed by atoms with van der Waals surface area (Å²) in [5.74, 6) is 0. The van der Waals surface area contributed by atoms with E-state index in [-0.39, 0.29) is 6.04 Å². The predicted octanol–water partition coefficient (Wildman–Crippen LogP) is 4.20. The van der Waals surface area contributed by atoms with Crippen molar-refractivity contribution in [1.82, 2.24) is 10.3 Å². The fourth-order valence-corrected chi connectivity index (χ4v) is 2.64. The van der Waals surface area contributed by atoms with Crippen LogP contribution in [-0.4, -0.2) is 12.0 Å². The molecule has 0 saturated heterocycles. The average Bonchev–Trinajstić information content (AvgIpc) is 2.38. The van der Waals surface area contributed by atoms with Crippen LogP contribution in [0.3, 0.4) is 0 Å². The van der Waals surface area contributed by atoms with Crippen molar-refractivity contribution in [3.8, 4) is 0 Å². The van der Waals surface area contributed by atoms with Gasteiger partial charge in [0, 0.05) is 28.5 Å². The molecule has 4 heteroatoms. The quantitative estimate of drug-likeness (QED) is 0.914. The third-order valence-electron chi connectivity index (χ3n) is 3.12.